The molecule has 0 aliphatic carbocycles. The van der Waals surface area contributed by atoms with E-state index < -0.39 is 12.0 Å². The van der Waals surface area contributed by atoms with Gasteiger partial charge in [0.2, 0.25) is 0 Å². The minimum atomic E-state index is -0.832. The fourth-order valence-electron chi connectivity index (χ4n) is 5.00. The van der Waals surface area contributed by atoms with Gasteiger partial charge in [-0.15, -0.1) is 0 Å². The van der Waals surface area contributed by atoms with Gasteiger partial charge in [-0.1, -0.05) is 41.1 Å². The van der Waals surface area contributed by atoms with Gasteiger partial charge in [0.05, 0.1) is 48.1 Å². The standard InChI is InChI=1S/C34H32ClFN2O7S/c1-5-42-26-12-11-22(17-27(26)43-6-2)30-24(33(40)41-4)18-37-34-38(30)32(39)29(46-34)16-21-14-25(35)31(28(15-21)44-7-3)45-19-20-9-8-10-23(36)13-20/h8-18,30H,5-7,19H2,1-4H3/b29-16-/t30-/m0/s1. The quantitative estimate of drug-likeness (QED) is 0.182. The zero-order valence-corrected chi connectivity index (χ0v) is 27.2. The number of thiazole rings is 1. The summed E-state index contributed by atoms with van der Waals surface area (Å²) in [5, 5.41) is 0.255. The highest BCUT2D eigenvalue weighted by Crippen LogP contribution is 2.38. The molecule has 0 spiro atoms. The van der Waals surface area contributed by atoms with Crippen LogP contribution in [0.2, 0.25) is 5.02 Å². The van der Waals surface area contributed by atoms with Crippen LogP contribution in [0.1, 0.15) is 43.5 Å². The first-order valence-electron chi connectivity index (χ1n) is 14.6. The van der Waals surface area contributed by atoms with Gasteiger partial charge in [0, 0.05) is 6.20 Å². The van der Waals surface area contributed by atoms with Crippen LogP contribution in [0.4, 0.5) is 4.39 Å². The summed E-state index contributed by atoms with van der Waals surface area (Å²) in [6.07, 6.45) is 3.11. The Bertz CT molecular complexity index is 1970. The molecule has 0 fully saturated rings. The van der Waals surface area contributed by atoms with Crippen LogP contribution >= 0.6 is 22.9 Å². The number of hydrogen-bond donors (Lipinski definition) is 0. The molecule has 1 atom stereocenters. The number of methoxy groups -OCH3 is 1. The van der Waals surface area contributed by atoms with Gasteiger partial charge in [0.25, 0.3) is 5.56 Å². The van der Waals surface area contributed by atoms with Crippen LogP contribution in [0.25, 0.3) is 6.08 Å². The predicted octanol–water partition coefficient (Wildman–Crippen LogP) is 5.59. The molecule has 1 aromatic heterocycles. The summed E-state index contributed by atoms with van der Waals surface area (Å²) in [6, 6.07) is 13.9. The van der Waals surface area contributed by atoms with Crippen LogP contribution < -0.4 is 33.8 Å². The number of fused-ring (bicyclic) bond motifs is 1. The van der Waals surface area contributed by atoms with Gasteiger partial charge in [0.1, 0.15) is 12.4 Å². The summed E-state index contributed by atoms with van der Waals surface area (Å²) in [7, 11) is 1.28. The van der Waals surface area contributed by atoms with E-state index in [1.165, 1.54) is 41.3 Å². The Kier molecular flexibility index (Phi) is 10.4. The molecule has 0 unspecified atom stereocenters. The summed E-state index contributed by atoms with van der Waals surface area (Å²) in [6.45, 7) is 6.81. The summed E-state index contributed by atoms with van der Waals surface area (Å²) in [5.74, 6) is 0.727. The van der Waals surface area contributed by atoms with Gasteiger partial charge in [-0.25, -0.2) is 14.2 Å². The lowest BCUT2D eigenvalue weighted by Gasteiger charge is -2.23. The van der Waals surface area contributed by atoms with Crippen molar-refractivity contribution in [2.45, 2.75) is 33.4 Å². The Balaban J connectivity index is 1.57. The first-order chi connectivity index (χ1) is 22.3. The fraction of sp³-hybridized carbons (Fsp3) is 0.265. The highest BCUT2D eigenvalue weighted by Gasteiger charge is 2.31. The molecule has 2 heterocycles. The van der Waals surface area contributed by atoms with E-state index in [1.807, 2.05) is 20.8 Å². The second kappa shape index (κ2) is 14.7. The van der Waals surface area contributed by atoms with Crippen LogP contribution in [0.3, 0.4) is 0 Å². The average molecular weight is 667 g/mol. The first kappa shape index (κ1) is 32.8. The lowest BCUT2D eigenvalue weighted by atomic mass is 9.97. The van der Waals surface area contributed by atoms with Crippen molar-refractivity contribution in [1.29, 1.82) is 0 Å². The number of aromatic nitrogens is 1. The van der Waals surface area contributed by atoms with Crippen molar-refractivity contribution in [2.24, 2.45) is 4.99 Å². The highest BCUT2D eigenvalue weighted by molar-refractivity contribution is 7.07. The molecule has 46 heavy (non-hydrogen) atoms. The lowest BCUT2D eigenvalue weighted by Crippen LogP contribution is -2.39. The number of carbonyl (C=O) groups is 1. The summed E-state index contributed by atoms with van der Waals surface area (Å²) >= 11 is 7.81. The number of ether oxygens (including phenoxy) is 5. The molecule has 9 nitrogen and oxygen atoms in total. The van der Waals surface area contributed by atoms with Crippen molar-refractivity contribution in [3.63, 3.8) is 0 Å². The second-order valence-corrected chi connectivity index (χ2v) is 11.3. The van der Waals surface area contributed by atoms with Gasteiger partial charge in [-0.2, -0.15) is 0 Å². The van der Waals surface area contributed by atoms with E-state index in [2.05, 4.69) is 4.99 Å². The molecule has 0 amide bonds. The summed E-state index contributed by atoms with van der Waals surface area (Å²) in [5.41, 5.74) is 1.66. The third-order valence-electron chi connectivity index (χ3n) is 6.91. The molecule has 3 aromatic carbocycles. The average Bonchev–Trinajstić information content (AvgIpc) is 3.35. The SMILES string of the molecule is CCOc1ccc([C@H]2C(C(=O)OC)=CN=c3s/c(=C\c4cc(Cl)c(OCc5cccc(F)c5)c(OCC)c4)c(=O)n32)cc1OCC. The largest absolute Gasteiger partial charge is 0.490 e. The molecule has 0 bridgehead atoms. The van der Waals surface area contributed by atoms with E-state index >= 15 is 0 Å². The van der Waals surface area contributed by atoms with Gasteiger partial charge in [0.15, 0.2) is 27.8 Å². The molecule has 12 heteroatoms. The number of esters is 1. The third kappa shape index (κ3) is 6.95. The smallest absolute Gasteiger partial charge is 0.337 e. The molecule has 4 aromatic rings. The number of nitrogens with zero attached hydrogens (tertiary/aromatic N) is 2. The maximum absolute atomic E-state index is 14.0. The maximum atomic E-state index is 14.0. The number of hydrogen-bond acceptors (Lipinski definition) is 9. The van der Waals surface area contributed by atoms with Crippen LogP contribution in [0.15, 0.2) is 76.2 Å². The van der Waals surface area contributed by atoms with E-state index in [1.54, 1.807) is 48.5 Å². The minimum Gasteiger partial charge on any atom is -0.490 e. The van der Waals surface area contributed by atoms with Gasteiger partial charge in [-0.05, 0) is 79.9 Å². The van der Waals surface area contributed by atoms with Gasteiger partial charge < -0.3 is 23.7 Å². The first-order valence-corrected chi connectivity index (χ1v) is 15.8. The van der Waals surface area contributed by atoms with E-state index in [9.17, 15) is 14.0 Å². The van der Waals surface area contributed by atoms with Crippen molar-refractivity contribution in [1.82, 2.24) is 4.57 Å². The van der Waals surface area contributed by atoms with Crippen LogP contribution in [0, 0.1) is 5.82 Å². The predicted molar refractivity (Wildman–Crippen MR) is 173 cm³/mol. The van der Waals surface area contributed by atoms with Crippen LogP contribution in [-0.2, 0) is 16.1 Å². The molecule has 0 saturated carbocycles. The van der Waals surface area contributed by atoms with Gasteiger partial charge >= 0.3 is 5.97 Å². The Hall–Kier alpha value is -4.61. The molecule has 0 saturated heterocycles. The zero-order valence-electron chi connectivity index (χ0n) is 25.7. The van der Waals surface area contributed by atoms with Crippen molar-refractivity contribution in [2.75, 3.05) is 26.9 Å². The second-order valence-electron chi connectivity index (χ2n) is 9.93. The molecule has 1 aliphatic rings. The number of rotatable bonds is 12. The Morgan fingerprint density at radius 3 is 2.43 bits per heavy atom. The minimum absolute atomic E-state index is 0.0780. The summed E-state index contributed by atoms with van der Waals surface area (Å²) in [4.78, 5) is 31.7. The highest BCUT2D eigenvalue weighted by atomic mass is 35.5. The van der Waals surface area contributed by atoms with Gasteiger partial charge in [-0.3, -0.25) is 9.36 Å². The molecule has 1 aliphatic heterocycles. The van der Waals surface area contributed by atoms with Crippen molar-refractivity contribution < 1.29 is 32.9 Å². The third-order valence-corrected chi connectivity index (χ3v) is 8.19. The van der Waals surface area contributed by atoms with Crippen LogP contribution in [0.5, 0.6) is 23.0 Å². The molecular weight excluding hydrogens is 635 g/mol. The van der Waals surface area contributed by atoms with E-state index in [0.29, 0.717) is 68.8 Å². The van der Waals surface area contributed by atoms with E-state index in [0.717, 1.165) is 0 Å². The maximum Gasteiger partial charge on any atom is 0.337 e. The molecular formula is C34H32ClFN2O7S. The molecule has 0 N–H and O–H groups in total. The number of carbonyl (C=O) groups excluding carboxylic acids is 1. The number of halogens is 2. The molecule has 5 rings (SSSR count). The van der Waals surface area contributed by atoms with Crippen molar-refractivity contribution >= 4 is 35.0 Å². The Labute approximate surface area is 273 Å². The summed E-state index contributed by atoms with van der Waals surface area (Å²) < 4.78 is 43.8. The fourth-order valence-corrected chi connectivity index (χ4v) is 6.24. The normalized spacial score (nSPS) is 14.2. The lowest BCUT2D eigenvalue weighted by molar-refractivity contribution is -0.136. The van der Waals surface area contributed by atoms with E-state index in [-0.39, 0.29) is 28.6 Å². The zero-order chi connectivity index (χ0) is 32.8. The Morgan fingerprint density at radius 2 is 1.72 bits per heavy atom. The topological polar surface area (TPSA) is 97.6 Å². The number of benzene rings is 3. The molecule has 0 radical (unpaired) electrons. The monoisotopic (exact) mass is 666 g/mol. The van der Waals surface area contributed by atoms with Crippen molar-refractivity contribution in [3.05, 3.63) is 114 Å². The van der Waals surface area contributed by atoms with Crippen LogP contribution in [-0.4, -0.2) is 37.5 Å². The Morgan fingerprint density at radius 1 is 0.978 bits per heavy atom. The van der Waals surface area contributed by atoms with E-state index in [4.69, 9.17) is 35.3 Å². The molecule has 240 valence electrons. The van der Waals surface area contributed by atoms with Crippen molar-refractivity contribution in [3.8, 4) is 23.0 Å².